The van der Waals surface area contributed by atoms with E-state index in [0.29, 0.717) is 5.41 Å². The van der Waals surface area contributed by atoms with Crippen LogP contribution in [0.2, 0.25) is 0 Å². The molecule has 2 nitrogen and oxygen atoms in total. The fourth-order valence-corrected chi connectivity index (χ4v) is 3.27. The predicted octanol–water partition coefficient (Wildman–Crippen LogP) is 3.84. The number of hydrogen-bond acceptors (Lipinski definition) is 2. The maximum atomic E-state index is 10.3. The van der Waals surface area contributed by atoms with Crippen LogP contribution in [-0.2, 0) is 0 Å². The lowest BCUT2D eigenvalue weighted by atomic mass is 9.68. The number of aliphatic hydroxyl groups is 1. The van der Waals surface area contributed by atoms with Crippen molar-refractivity contribution in [3.63, 3.8) is 0 Å². The van der Waals surface area contributed by atoms with Crippen molar-refractivity contribution in [3.05, 3.63) is 29.8 Å². The Morgan fingerprint density at radius 2 is 1.78 bits per heavy atom. The highest BCUT2D eigenvalue weighted by molar-refractivity contribution is 5.38. The van der Waals surface area contributed by atoms with E-state index in [1.807, 2.05) is 24.3 Å². The normalized spacial score (nSPS) is 28.5. The minimum Gasteiger partial charge on any atom is -0.487 e. The highest BCUT2D eigenvalue weighted by atomic mass is 16.5. The minimum absolute atomic E-state index is 0.122. The third-order valence-electron chi connectivity index (χ3n) is 4.68. The van der Waals surface area contributed by atoms with Crippen LogP contribution in [0.15, 0.2) is 24.3 Å². The summed E-state index contributed by atoms with van der Waals surface area (Å²) in [4.78, 5) is 0. The van der Waals surface area contributed by atoms with E-state index in [-0.39, 0.29) is 11.7 Å². The van der Waals surface area contributed by atoms with Gasteiger partial charge in [0.15, 0.2) is 0 Å². The van der Waals surface area contributed by atoms with Crippen LogP contribution in [0.25, 0.3) is 0 Å². The van der Waals surface area contributed by atoms with Gasteiger partial charge in [0.1, 0.15) is 11.4 Å². The van der Waals surface area contributed by atoms with Crippen molar-refractivity contribution in [3.8, 4) is 5.75 Å². The van der Waals surface area contributed by atoms with Gasteiger partial charge in [-0.15, -0.1) is 0 Å². The lowest BCUT2D eigenvalue weighted by Crippen LogP contribution is -2.45. The molecule has 1 N–H and O–H groups in total. The van der Waals surface area contributed by atoms with Gasteiger partial charge in [0.2, 0.25) is 0 Å². The van der Waals surface area contributed by atoms with Gasteiger partial charge >= 0.3 is 0 Å². The zero-order chi connectivity index (χ0) is 12.8. The van der Waals surface area contributed by atoms with Crippen LogP contribution in [0.5, 0.6) is 5.75 Å². The largest absolute Gasteiger partial charge is 0.487 e. The second-order valence-corrected chi connectivity index (χ2v) is 6.71. The van der Waals surface area contributed by atoms with Gasteiger partial charge in [-0.2, -0.15) is 0 Å². The zero-order valence-corrected chi connectivity index (χ0v) is 11.3. The smallest absolute Gasteiger partial charge is 0.125 e. The molecule has 0 bridgehead atoms. The molecule has 1 fully saturated rings. The average Bonchev–Trinajstić information content (AvgIpc) is 2.34. The van der Waals surface area contributed by atoms with E-state index in [1.54, 1.807) is 0 Å². The SMILES string of the molecule is CC1(C)CCC2(CC1)C[C@H](O)c1ccccc1O2. The molecule has 0 amide bonds. The monoisotopic (exact) mass is 246 g/mol. The molecule has 1 spiro atoms. The van der Waals surface area contributed by atoms with Gasteiger partial charge in [-0.25, -0.2) is 0 Å². The molecule has 1 aliphatic heterocycles. The minimum atomic E-state index is -0.365. The molecule has 18 heavy (non-hydrogen) atoms. The summed E-state index contributed by atoms with van der Waals surface area (Å²) >= 11 is 0. The quantitative estimate of drug-likeness (QED) is 0.753. The molecule has 1 aromatic carbocycles. The van der Waals surface area contributed by atoms with Gasteiger partial charge < -0.3 is 9.84 Å². The van der Waals surface area contributed by atoms with Crippen LogP contribution in [-0.4, -0.2) is 10.7 Å². The summed E-state index contributed by atoms with van der Waals surface area (Å²) in [6, 6.07) is 7.91. The average molecular weight is 246 g/mol. The maximum absolute atomic E-state index is 10.3. The Bertz CT molecular complexity index is 440. The van der Waals surface area contributed by atoms with Crippen LogP contribution in [0.3, 0.4) is 0 Å². The Hall–Kier alpha value is -1.02. The molecule has 1 saturated carbocycles. The van der Waals surface area contributed by atoms with Gasteiger partial charge in [0, 0.05) is 12.0 Å². The molecule has 1 aliphatic carbocycles. The van der Waals surface area contributed by atoms with Crippen molar-refractivity contribution in [1.82, 2.24) is 0 Å². The van der Waals surface area contributed by atoms with Gasteiger partial charge in [-0.3, -0.25) is 0 Å². The summed E-state index contributed by atoms with van der Waals surface area (Å²) in [7, 11) is 0. The predicted molar refractivity (Wildman–Crippen MR) is 71.6 cm³/mol. The number of ether oxygens (including phenoxy) is 1. The molecule has 2 aliphatic rings. The topological polar surface area (TPSA) is 29.5 Å². The second-order valence-electron chi connectivity index (χ2n) is 6.71. The highest BCUT2D eigenvalue weighted by Crippen LogP contribution is 2.49. The highest BCUT2D eigenvalue weighted by Gasteiger charge is 2.44. The number of para-hydroxylation sites is 1. The lowest BCUT2D eigenvalue weighted by Gasteiger charge is -2.47. The van der Waals surface area contributed by atoms with Crippen LogP contribution >= 0.6 is 0 Å². The number of hydrogen-bond donors (Lipinski definition) is 1. The Labute approximate surface area is 109 Å². The standard InChI is InChI=1S/C16H22O2/c1-15(2)7-9-16(10-8-15)11-13(17)12-5-3-4-6-14(12)18-16/h3-6,13,17H,7-11H2,1-2H3/t13-/m0/s1. The van der Waals surface area contributed by atoms with Crippen molar-refractivity contribution in [2.24, 2.45) is 5.41 Å². The van der Waals surface area contributed by atoms with Crippen LogP contribution in [0.4, 0.5) is 0 Å². The van der Waals surface area contributed by atoms with Crippen molar-refractivity contribution in [2.75, 3.05) is 0 Å². The molecule has 1 aromatic rings. The summed E-state index contributed by atoms with van der Waals surface area (Å²) in [6.07, 6.45) is 4.87. The Balaban J connectivity index is 1.86. The van der Waals surface area contributed by atoms with Crippen molar-refractivity contribution in [1.29, 1.82) is 0 Å². The molecule has 0 saturated heterocycles. The Kier molecular flexibility index (Phi) is 2.67. The number of aliphatic hydroxyl groups excluding tert-OH is 1. The van der Waals surface area contributed by atoms with E-state index < -0.39 is 0 Å². The Morgan fingerprint density at radius 3 is 2.50 bits per heavy atom. The van der Waals surface area contributed by atoms with E-state index >= 15 is 0 Å². The summed E-state index contributed by atoms with van der Waals surface area (Å²) in [5, 5.41) is 10.3. The van der Waals surface area contributed by atoms with Gasteiger partial charge in [-0.05, 0) is 37.2 Å². The maximum Gasteiger partial charge on any atom is 0.125 e. The van der Waals surface area contributed by atoms with Crippen LogP contribution < -0.4 is 4.74 Å². The zero-order valence-electron chi connectivity index (χ0n) is 11.3. The molecule has 0 radical (unpaired) electrons. The third kappa shape index (κ3) is 2.03. The van der Waals surface area contributed by atoms with Crippen LogP contribution in [0.1, 0.15) is 57.6 Å². The number of fused-ring (bicyclic) bond motifs is 1. The third-order valence-corrected chi connectivity index (χ3v) is 4.68. The van der Waals surface area contributed by atoms with Crippen molar-refractivity contribution in [2.45, 2.75) is 57.7 Å². The first-order chi connectivity index (χ1) is 8.50. The fraction of sp³-hybridized carbons (Fsp3) is 0.625. The van der Waals surface area contributed by atoms with Crippen molar-refractivity contribution >= 4 is 0 Å². The van der Waals surface area contributed by atoms with E-state index in [0.717, 1.165) is 30.6 Å². The number of benzene rings is 1. The molecule has 0 aromatic heterocycles. The molecule has 2 heteroatoms. The molecule has 0 unspecified atom stereocenters. The van der Waals surface area contributed by atoms with Gasteiger partial charge in [0.05, 0.1) is 6.10 Å². The summed E-state index contributed by atoms with van der Waals surface area (Å²) in [5.74, 6) is 0.885. The number of rotatable bonds is 0. The summed E-state index contributed by atoms with van der Waals surface area (Å²) in [5.41, 5.74) is 1.26. The fourth-order valence-electron chi connectivity index (χ4n) is 3.27. The lowest BCUT2D eigenvalue weighted by molar-refractivity contribution is -0.0575. The van der Waals surface area contributed by atoms with Crippen molar-refractivity contribution < 1.29 is 9.84 Å². The first-order valence-corrected chi connectivity index (χ1v) is 6.96. The van der Waals surface area contributed by atoms with E-state index in [2.05, 4.69) is 13.8 Å². The molecular weight excluding hydrogens is 224 g/mol. The van der Waals surface area contributed by atoms with E-state index in [1.165, 1.54) is 12.8 Å². The van der Waals surface area contributed by atoms with Gasteiger partial charge in [-0.1, -0.05) is 32.0 Å². The second kappa shape index (κ2) is 3.99. The van der Waals surface area contributed by atoms with E-state index in [4.69, 9.17) is 4.74 Å². The van der Waals surface area contributed by atoms with Crippen LogP contribution in [0, 0.1) is 5.41 Å². The molecule has 1 atom stereocenters. The first kappa shape index (κ1) is 12.0. The molecule has 3 rings (SSSR count). The molecule has 98 valence electrons. The Morgan fingerprint density at radius 1 is 1.11 bits per heavy atom. The summed E-state index contributed by atoms with van der Waals surface area (Å²) < 4.78 is 6.26. The first-order valence-electron chi connectivity index (χ1n) is 6.96. The van der Waals surface area contributed by atoms with Gasteiger partial charge in [0.25, 0.3) is 0 Å². The molecular formula is C16H22O2. The van der Waals surface area contributed by atoms with E-state index in [9.17, 15) is 5.11 Å². The molecule has 1 heterocycles. The summed E-state index contributed by atoms with van der Waals surface area (Å²) in [6.45, 7) is 4.65.